The predicted molar refractivity (Wildman–Crippen MR) is 77.5 cm³/mol. The number of rotatable bonds is 7. The van der Waals surface area contributed by atoms with Crippen molar-refractivity contribution in [2.75, 3.05) is 13.1 Å². The molecule has 1 rings (SSSR count). The highest BCUT2D eigenvalue weighted by molar-refractivity contribution is 5.21. The molecular weight excluding hydrogens is 260 g/mol. The van der Waals surface area contributed by atoms with Crippen LogP contribution in [0.4, 0.5) is 8.78 Å². The van der Waals surface area contributed by atoms with Crippen LogP contribution in [0.15, 0.2) is 18.2 Å². The Morgan fingerprint density at radius 1 is 1.15 bits per heavy atom. The molecule has 0 heterocycles. The van der Waals surface area contributed by atoms with Crippen LogP contribution < -0.4 is 0 Å². The first-order chi connectivity index (χ1) is 9.32. The van der Waals surface area contributed by atoms with Gasteiger partial charge >= 0.3 is 0 Å². The summed E-state index contributed by atoms with van der Waals surface area (Å²) in [6.45, 7) is 10.0. The van der Waals surface area contributed by atoms with Gasteiger partial charge in [0.05, 0.1) is 6.10 Å². The van der Waals surface area contributed by atoms with Gasteiger partial charge in [-0.2, -0.15) is 0 Å². The van der Waals surface area contributed by atoms with E-state index in [0.717, 1.165) is 12.6 Å². The van der Waals surface area contributed by atoms with Gasteiger partial charge < -0.3 is 10.0 Å². The summed E-state index contributed by atoms with van der Waals surface area (Å²) in [6, 6.07) is 4.28. The summed E-state index contributed by atoms with van der Waals surface area (Å²) in [5, 5.41) is 10.1. The van der Waals surface area contributed by atoms with Crippen LogP contribution in [0.5, 0.6) is 0 Å². The molecule has 0 saturated carbocycles. The van der Waals surface area contributed by atoms with Crippen LogP contribution in [-0.2, 0) is 0 Å². The van der Waals surface area contributed by atoms with Crippen LogP contribution in [0.3, 0.4) is 0 Å². The third-order valence-corrected chi connectivity index (χ3v) is 3.36. The van der Waals surface area contributed by atoms with Gasteiger partial charge in [0.15, 0.2) is 11.6 Å². The highest BCUT2D eigenvalue weighted by Gasteiger charge is 2.18. The lowest BCUT2D eigenvalue weighted by atomic mass is 10.0. The van der Waals surface area contributed by atoms with Crippen LogP contribution in [0.2, 0.25) is 0 Å². The number of nitrogens with zero attached hydrogens (tertiary/aromatic N) is 1. The van der Waals surface area contributed by atoms with E-state index in [2.05, 4.69) is 32.6 Å². The van der Waals surface area contributed by atoms with Gasteiger partial charge in [0, 0.05) is 24.7 Å². The summed E-state index contributed by atoms with van der Waals surface area (Å²) < 4.78 is 26.7. The van der Waals surface area contributed by atoms with E-state index in [9.17, 15) is 13.9 Å². The minimum absolute atomic E-state index is 0.0400. The molecule has 114 valence electrons. The molecular formula is C16H25F2NO. The van der Waals surface area contributed by atoms with Crippen LogP contribution in [0.25, 0.3) is 0 Å². The molecule has 0 aliphatic carbocycles. The third-order valence-electron chi connectivity index (χ3n) is 3.36. The van der Waals surface area contributed by atoms with Crippen molar-refractivity contribution >= 4 is 0 Å². The molecule has 0 spiro atoms. The van der Waals surface area contributed by atoms with Crippen molar-refractivity contribution in [3.63, 3.8) is 0 Å². The van der Waals surface area contributed by atoms with Gasteiger partial charge in [-0.3, -0.25) is 0 Å². The minimum atomic E-state index is -0.973. The van der Waals surface area contributed by atoms with E-state index in [-0.39, 0.29) is 5.56 Å². The van der Waals surface area contributed by atoms with Crippen molar-refractivity contribution in [1.29, 1.82) is 0 Å². The molecule has 20 heavy (non-hydrogen) atoms. The van der Waals surface area contributed by atoms with Crippen LogP contribution in [0.1, 0.15) is 45.8 Å². The summed E-state index contributed by atoms with van der Waals surface area (Å²) in [6.07, 6.45) is -0.579. The topological polar surface area (TPSA) is 23.5 Å². The fourth-order valence-electron chi connectivity index (χ4n) is 2.25. The van der Waals surface area contributed by atoms with Crippen LogP contribution in [-0.4, -0.2) is 29.1 Å². The van der Waals surface area contributed by atoms with E-state index in [1.807, 2.05) is 0 Å². The number of aliphatic hydroxyl groups is 1. The standard InChI is InChI=1S/C16H25F2NO/c1-11(2)10-19(12(3)4)9-8-15(20)13-6-5-7-14(17)16(13)18/h5-7,11-12,15,20H,8-10H2,1-4H3. The third kappa shape index (κ3) is 4.84. The molecule has 0 aliphatic heterocycles. The first-order valence-electron chi connectivity index (χ1n) is 7.19. The lowest BCUT2D eigenvalue weighted by Gasteiger charge is -2.29. The summed E-state index contributed by atoms with van der Waals surface area (Å²) >= 11 is 0. The summed E-state index contributed by atoms with van der Waals surface area (Å²) in [5.74, 6) is -1.33. The maximum Gasteiger partial charge on any atom is 0.164 e. The maximum atomic E-state index is 13.6. The zero-order valence-electron chi connectivity index (χ0n) is 12.7. The van der Waals surface area contributed by atoms with Crippen molar-refractivity contribution in [2.24, 2.45) is 5.92 Å². The van der Waals surface area contributed by atoms with E-state index in [1.54, 1.807) is 0 Å². The fraction of sp³-hybridized carbons (Fsp3) is 0.625. The second-order valence-electron chi connectivity index (χ2n) is 5.93. The van der Waals surface area contributed by atoms with Gasteiger partial charge in [0.1, 0.15) is 0 Å². The zero-order chi connectivity index (χ0) is 15.3. The molecule has 1 N–H and O–H groups in total. The van der Waals surface area contributed by atoms with Crippen molar-refractivity contribution in [1.82, 2.24) is 4.90 Å². The van der Waals surface area contributed by atoms with Crippen LogP contribution in [0, 0.1) is 17.6 Å². The molecule has 1 aromatic rings. The highest BCUT2D eigenvalue weighted by atomic mass is 19.2. The Labute approximate surface area is 120 Å². The molecule has 0 radical (unpaired) electrons. The van der Waals surface area contributed by atoms with E-state index in [1.165, 1.54) is 12.1 Å². The Kier molecular flexibility index (Phi) is 6.56. The number of halogens is 2. The molecule has 0 amide bonds. The molecule has 4 heteroatoms. The quantitative estimate of drug-likeness (QED) is 0.824. The van der Waals surface area contributed by atoms with Gasteiger partial charge in [-0.15, -0.1) is 0 Å². The van der Waals surface area contributed by atoms with Crippen molar-refractivity contribution in [2.45, 2.75) is 46.3 Å². The lowest BCUT2D eigenvalue weighted by Crippen LogP contribution is -2.35. The van der Waals surface area contributed by atoms with Crippen molar-refractivity contribution in [3.8, 4) is 0 Å². The highest BCUT2D eigenvalue weighted by Crippen LogP contribution is 2.22. The summed E-state index contributed by atoms with van der Waals surface area (Å²) in [4.78, 5) is 2.24. The average molecular weight is 285 g/mol. The van der Waals surface area contributed by atoms with E-state index < -0.39 is 17.7 Å². The number of hydrogen-bond donors (Lipinski definition) is 1. The number of hydrogen-bond acceptors (Lipinski definition) is 2. The Balaban J connectivity index is 2.65. The molecule has 1 unspecified atom stereocenters. The Morgan fingerprint density at radius 3 is 2.35 bits per heavy atom. The van der Waals surface area contributed by atoms with Gasteiger partial charge in [0.25, 0.3) is 0 Å². The zero-order valence-corrected chi connectivity index (χ0v) is 12.7. The van der Waals surface area contributed by atoms with Crippen LogP contribution >= 0.6 is 0 Å². The smallest absolute Gasteiger partial charge is 0.164 e. The van der Waals surface area contributed by atoms with E-state index in [4.69, 9.17) is 0 Å². The number of benzene rings is 1. The fourth-order valence-corrected chi connectivity index (χ4v) is 2.25. The lowest BCUT2D eigenvalue weighted by molar-refractivity contribution is 0.120. The first kappa shape index (κ1) is 17.1. The Bertz CT molecular complexity index is 421. The Hall–Kier alpha value is -1.00. The molecule has 1 atom stereocenters. The molecule has 0 aliphatic rings. The SMILES string of the molecule is CC(C)CN(CCC(O)c1cccc(F)c1F)C(C)C. The minimum Gasteiger partial charge on any atom is -0.388 e. The molecule has 1 aromatic carbocycles. The first-order valence-corrected chi connectivity index (χ1v) is 7.19. The van der Waals surface area contributed by atoms with Gasteiger partial charge in [0.2, 0.25) is 0 Å². The summed E-state index contributed by atoms with van der Waals surface area (Å²) in [5.41, 5.74) is 0.0400. The largest absolute Gasteiger partial charge is 0.388 e. The molecule has 0 aromatic heterocycles. The predicted octanol–water partition coefficient (Wildman–Crippen LogP) is 3.75. The van der Waals surface area contributed by atoms with Crippen molar-refractivity contribution < 1.29 is 13.9 Å². The van der Waals surface area contributed by atoms with Gasteiger partial charge in [-0.05, 0) is 32.3 Å². The van der Waals surface area contributed by atoms with Gasteiger partial charge in [-0.1, -0.05) is 26.0 Å². The summed E-state index contributed by atoms with van der Waals surface area (Å²) in [7, 11) is 0. The Morgan fingerprint density at radius 2 is 1.80 bits per heavy atom. The average Bonchev–Trinajstić information content (AvgIpc) is 2.36. The second kappa shape index (κ2) is 7.70. The van der Waals surface area contributed by atoms with Gasteiger partial charge in [-0.25, -0.2) is 8.78 Å². The molecule has 0 fully saturated rings. The monoisotopic (exact) mass is 285 g/mol. The molecule has 0 bridgehead atoms. The molecule has 2 nitrogen and oxygen atoms in total. The normalized spacial score (nSPS) is 13.5. The number of aliphatic hydroxyl groups excluding tert-OH is 1. The molecule has 0 saturated heterocycles. The second-order valence-corrected chi connectivity index (χ2v) is 5.93. The van der Waals surface area contributed by atoms with E-state index in [0.29, 0.717) is 24.9 Å². The van der Waals surface area contributed by atoms with Crippen molar-refractivity contribution in [3.05, 3.63) is 35.4 Å². The van der Waals surface area contributed by atoms with E-state index >= 15 is 0 Å². The maximum absolute atomic E-state index is 13.6.